The van der Waals surface area contributed by atoms with Crippen molar-refractivity contribution >= 4 is 18.1 Å². The standard InChI is InChI=1S/C15H15FN2O2S/c1-9(12-8-10(16)5-6-13(12)20-2)18-14(19)11-4-3-7-17-15(11)21/h3-9H,1-2H3,(H,17,21)(H,18,19)/t9-/m0/s1. The summed E-state index contributed by atoms with van der Waals surface area (Å²) in [5, 5.41) is 2.78. The largest absolute Gasteiger partial charge is 0.496 e. The van der Waals surface area contributed by atoms with Gasteiger partial charge in [0.2, 0.25) is 0 Å². The van der Waals surface area contributed by atoms with E-state index < -0.39 is 6.04 Å². The molecule has 21 heavy (non-hydrogen) atoms. The van der Waals surface area contributed by atoms with E-state index in [1.54, 1.807) is 25.3 Å². The Morgan fingerprint density at radius 3 is 2.86 bits per heavy atom. The average molecular weight is 306 g/mol. The number of rotatable bonds is 4. The van der Waals surface area contributed by atoms with Crippen molar-refractivity contribution in [3.05, 3.63) is 58.1 Å². The third-order valence-electron chi connectivity index (χ3n) is 3.07. The summed E-state index contributed by atoms with van der Waals surface area (Å²) in [4.78, 5) is 15.0. The van der Waals surface area contributed by atoms with Crippen LogP contribution in [0.2, 0.25) is 0 Å². The molecule has 2 N–H and O–H groups in total. The van der Waals surface area contributed by atoms with Gasteiger partial charge in [-0.3, -0.25) is 4.79 Å². The average Bonchev–Trinajstić information content (AvgIpc) is 2.47. The van der Waals surface area contributed by atoms with Crippen LogP contribution in [-0.2, 0) is 0 Å². The van der Waals surface area contributed by atoms with Crippen molar-refractivity contribution in [2.75, 3.05) is 7.11 Å². The molecule has 0 saturated heterocycles. The lowest BCUT2D eigenvalue weighted by atomic mass is 10.1. The van der Waals surface area contributed by atoms with E-state index in [-0.39, 0.29) is 11.7 Å². The minimum absolute atomic E-state index is 0.323. The number of hydrogen-bond acceptors (Lipinski definition) is 3. The Labute approximate surface area is 127 Å². The first kappa shape index (κ1) is 15.2. The van der Waals surface area contributed by atoms with Crippen LogP contribution in [0.1, 0.15) is 28.9 Å². The highest BCUT2D eigenvalue weighted by Gasteiger charge is 2.16. The third kappa shape index (κ3) is 3.46. The number of methoxy groups -OCH3 is 1. The molecule has 1 atom stereocenters. The lowest BCUT2D eigenvalue weighted by Crippen LogP contribution is -2.27. The number of ether oxygens (including phenoxy) is 1. The molecular formula is C15H15FN2O2S. The molecule has 1 aromatic heterocycles. The molecule has 0 aliphatic carbocycles. The zero-order chi connectivity index (χ0) is 15.4. The Morgan fingerprint density at radius 2 is 2.19 bits per heavy atom. The van der Waals surface area contributed by atoms with Gasteiger partial charge in [0.15, 0.2) is 0 Å². The van der Waals surface area contributed by atoms with Crippen molar-refractivity contribution in [3.63, 3.8) is 0 Å². The number of aromatic amines is 1. The van der Waals surface area contributed by atoms with Gasteiger partial charge >= 0.3 is 0 Å². The maximum Gasteiger partial charge on any atom is 0.254 e. The Hall–Kier alpha value is -2.21. The first-order chi connectivity index (χ1) is 10.0. The van der Waals surface area contributed by atoms with E-state index in [0.29, 0.717) is 21.5 Å². The predicted molar refractivity (Wildman–Crippen MR) is 80.5 cm³/mol. The molecule has 1 aromatic carbocycles. The van der Waals surface area contributed by atoms with E-state index >= 15 is 0 Å². The van der Waals surface area contributed by atoms with Gasteiger partial charge in [0.25, 0.3) is 5.91 Å². The summed E-state index contributed by atoms with van der Waals surface area (Å²) in [5.74, 6) is -0.193. The van der Waals surface area contributed by atoms with Crippen LogP contribution in [0, 0.1) is 10.5 Å². The van der Waals surface area contributed by atoms with Crippen LogP contribution in [0.3, 0.4) is 0 Å². The van der Waals surface area contributed by atoms with Crippen molar-refractivity contribution in [1.29, 1.82) is 0 Å². The van der Waals surface area contributed by atoms with E-state index in [4.69, 9.17) is 17.0 Å². The normalized spacial score (nSPS) is 11.8. The number of nitrogens with one attached hydrogen (secondary N) is 2. The molecule has 1 amide bonds. The molecule has 0 fully saturated rings. The number of benzene rings is 1. The maximum atomic E-state index is 13.4. The quantitative estimate of drug-likeness (QED) is 0.851. The van der Waals surface area contributed by atoms with E-state index in [2.05, 4.69) is 10.3 Å². The number of carbonyl (C=O) groups is 1. The van der Waals surface area contributed by atoms with Gasteiger partial charge in [-0.1, -0.05) is 12.2 Å². The van der Waals surface area contributed by atoms with Gasteiger partial charge < -0.3 is 15.0 Å². The minimum Gasteiger partial charge on any atom is -0.496 e. The molecule has 6 heteroatoms. The monoisotopic (exact) mass is 306 g/mol. The highest BCUT2D eigenvalue weighted by molar-refractivity contribution is 7.71. The van der Waals surface area contributed by atoms with Crippen LogP contribution in [0.5, 0.6) is 5.75 Å². The summed E-state index contributed by atoms with van der Waals surface area (Å²) in [6.07, 6.45) is 1.65. The van der Waals surface area contributed by atoms with Gasteiger partial charge in [-0.15, -0.1) is 0 Å². The fraction of sp³-hybridized carbons (Fsp3) is 0.200. The summed E-state index contributed by atoms with van der Waals surface area (Å²) in [7, 11) is 1.50. The van der Waals surface area contributed by atoms with Crippen molar-refractivity contribution in [1.82, 2.24) is 10.3 Å². The SMILES string of the molecule is COc1ccc(F)cc1[C@H](C)NC(=O)c1ccc[nH]c1=S. The summed E-state index contributed by atoms with van der Waals surface area (Å²) < 4.78 is 18.9. The van der Waals surface area contributed by atoms with Crippen LogP contribution in [-0.4, -0.2) is 18.0 Å². The van der Waals surface area contributed by atoms with Crippen molar-refractivity contribution in [2.24, 2.45) is 0 Å². The van der Waals surface area contributed by atoms with Crippen LogP contribution >= 0.6 is 12.2 Å². The topological polar surface area (TPSA) is 54.1 Å². The lowest BCUT2D eigenvalue weighted by molar-refractivity contribution is 0.0938. The van der Waals surface area contributed by atoms with Crippen molar-refractivity contribution < 1.29 is 13.9 Å². The van der Waals surface area contributed by atoms with Gasteiger partial charge in [-0.05, 0) is 37.3 Å². The lowest BCUT2D eigenvalue weighted by Gasteiger charge is -2.17. The van der Waals surface area contributed by atoms with Gasteiger partial charge in [0, 0.05) is 11.8 Å². The number of carbonyl (C=O) groups excluding carboxylic acids is 1. The first-order valence-electron chi connectivity index (χ1n) is 6.35. The van der Waals surface area contributed by atoms with E-state index in [1.165, 1.54) is 25.3 Å². The Bertz CT molecular complexity index is 715. The van der Waals surface area contributed by atoms with Gasteiger partial charge in [-0.2, -0.15) is 0 Å². The molecule has 0 saturated carbocycles. The fourth-order valence-corrected chi connectivity index (χ4v) is 2.22. The molecule has 0 aliphatic heterocycles. The van der Waals surface area contributed by atoms with Crippen molar-refractivity contribution in [2.45, 2.75) is 13.0 Å². The van der Waals surface area contributed by atoms with Crippen LogP contribution < -0.4 is 10.1 Å². The minimum atomic E-state index is -0.419. The number of H-pyrrole nitrogens is 1. The number of hydrogen-bond donors (Lipinski definition) is 2. The molecule has 0 spiro atoms. The van der Waals surface area contributed by atoms with E-state index in [9.17, 15) is 9.18 Å². The second-order valence-electron chi connectivity index (χ2n) is 4.49. The highest BCUT2D eigenvalue weighted by Crippen LogP contribution is 2.26. The van der Waals surface area contributed by atoms with E-state index in [1.807, 2.05) is 0 Å². The van der Waals surface area contributed by atoms with Gasteiger partial charge in [0.05, 0.1) is 18.7 Å². The molecule has 2 rings (SSSR count). The smallest absolute Gasteiger partial charge is 0.254 e. The Kier molecular flexibility index (Phi) is 4.70. The summed E-state index contributed by atoms with van der Waals surface area (Å²) in [5.41, 5.74) is 0.936. The van der Waals surface area contributed by atoms with E-state index in [0.717, 1.165) is 0 Å². The second kappa shape index (κ2) is 6.49. The zero-order valence-electron chi connectivity index (χ0n) is 11.6. The Balaban J connectivity index is 2.24. The molecule has 2 aromatic rings. The summed E-state index contributed by atoms with van der Waals surface area (Å²) >= 11 is 5.07. The molecule has 110 valence electrons. The first-order valence-corrected chi connectivity index (χ1v) is 6.75. The number of aromatic nitrogens is 1. The van der Waals surface area contributed by atoms with Crippen LogP contribution in [0.25, 0.3) is 0 Å². The third-order valence-corrected chi connectivity index (χ3v) is 3.41. The molecule has 0 unspecified atom stereocenters. The van der Waals surface area contributed by atoms with Gasteiger partial charge in [0.1, 0.15) is 16.2 Å². The van der Waals surface area contributed by atoms with Crippen LogP contribution in [0.4, 0.5) is 4.39 Å². The molecule has 1 heterocycles. The summed E-state index contributed by atoms with van der Waals surface area (Å²) in [6, 6.07) is 7.09. The number of pyridine rings is 1. The zero-order valence-corrected chi connectivity index (χ0v) is 12.5. The number of amides is 1. The molecule has 0 bridgehead atoms. The van der Waals surface area contributed by atoms with Crippen LogP contribution in [0.15, 0.2) is 36.5 Å². The van der Waals surface area contributed by atoms with Gasteiger partial charge in [-0.25, -0.2) is 4.39 Å². The highest BCUT2D eigenvalue weighted by atomic mass is 32.1. The molecule has 0 radical (unpaired) electrons. The molecule has 4 nitrogen and oxygen atoms in total. The maximum absolute atomic E-state index is 13.4. The van der Waals surface area contributed by atoms with Crippen molar-refractivity contribution in [3.8, 4) is 5.75 Å². The number of halogens is 1. The molecular weight excluding hydrogens is 291 g/mol. The molecule has 0 aliphatic rings. The summed E-state index contributed by atoms with van der Waals surface area (Å²) in [6.45, 7) is 1.75. The fourth-order valence-electron chi connectivity index (χ4n) is 2.00. The predicted octanol–water partition coefficient (Wildman–Crippen LogP) is 3.38. The Morgan fingerprint density at radius 1 is 1.43 bits per heavy atom. The second-order valence-corrected chi connectivity index (χ2v) is 4.90.